The lowest BCUT2D eigenvalue weighted by molar-refractivity contribution is 0.209. The number of nitrogens with one attached hydrogen (secondary N) is 1. The lowest BCUT2D eigenvalue weighted by atomic mass is 9.89. The highest BCUT2D eigenvalue weighted by atomic mass is 127. The number of halogens is 1. The maximum atomic E-state index is 4.63. The van der Waals surface area contributed by atoms with Crippen molar-refractivity contribution < 1.29 is 0 Å². The van der Waals surface area contributed by atoms with Crippen molar-refractivity contribution in [2.45, 2.75) is 69.7 Å². The Morgan fingerprint density at radius 3 is 2.73 bits per heavy atom. The maximum absolute atomic E-state index is 4.63. The number of aryl methyl sites for hydroxylation is 1. The smallest absolute Gasteiger partial charge is 0.0521 e. The zero-order valence-corrected chi connectivity index (χ0v) is 20.0. The molecule has 1 N–H and O–H groups in total. The van der Waals surface area contributed by atoms with Crippen LogP contribution in [0.4, 0.5) is 0 Å². The average Bonchev–Trinajstić information content (AvgIpc) is 3.52. The van der Waals surface area contributed by atoms with Gasteiger partial charge in [0, 0.05) is 26.9 Å². The summed E-state index contributed by atoms with van der Waals surface area (Å²) in [6.45, 7) is 3.72. The molecular formula is C25H33IN4. The topological polar surface area (TPSA) is 36.9 Å². The van der Waals surface area contributed by atoms with Gasteiger partial charge in [0.1, 0.15) is 0 Å². The van der Waals surface area contributed by atoms with E-state index in [1.54, 1.807) is 0 Å². The molecule has 0 radical (unpaired) electrons. The van der Waals surface area contributed by atoms with E-state index in [2.05, 4.69) is 79.0 Å². The molecule has 0 atom stereocenters. The summed E-state index contributed by atoms with van der Waals surface area (Å²) in [4.78, 5) is 6.15. The summed E-state index contributed by atoms with van der Waals surface area (Å²) in [5.74, 6) is 0.703. The van der Waals surface area contributed by atoms with Gasteiger partial charge in [-0.25, -0.2) is 0 Å². The standard InChI is InChI=1S/C25H33IN4/c26-21-8-9-25-23(15-21)24(17-27-25)20-10-13-29(14-11-20)12-4-3-5-19-16-28-30(18-19)22-6-1-2-7-22/h8-9,15-18,20,22,27H,1-7,10-14H2. The molecule has 3 aromatic rings. The Morgan fingerprint density at radius 2 is 1.90 bits per heavy atom. The number of fused-ring (bicyclic) bond motifs is 1. The van der Waals surface area contributed by atoms with Crippen LogP contribution in [-0.2, 0) is 6.42 Å². The molecular weight excluding hydrogens is 483 g/mol. The van der Waals surface area contributed by atoms with Gasteiger partial charge < -0.3 is 9.88 Å². The van der Waals surface area contributed by atoms with Crippen molar-refractivity contribution in [3.05, 3.63) is 51.5 Å². The number of rotatable bonds is 7. The first-order valence-corrected chi connectivity index (χ1v) is 12.9. The van der Waals surface area contributed by atoms with Crippen LogP contribution in [0, 0.1) is 3.57 Å². The van der Waals surface area contributed by atoms with Crippen LogP contribution in [0.5, 0.6) is 0 Å². The van der Waals surface area contributed by atoms with E-state index in [0.29, 0.717) is 12.0 Å². The summed E-state index contributed by atoms with van der Waals surface area (Å²) in [6.07, 6.45) is 18.4. The highest BCUT2D eigenvalue weighted by Gasteiger charge is 2.22. The van der Waals surface area contributed by atoms with E-state index in [-0.39, 0.29) is 0 Å². The predicted octanol–water partition coefficient (Wildman–Crippen LogP) is 6.29. The number of H-pyrrole nitrogens is 1. The number of nitrogens with zero attached hydrogens (tertiary/aromatic N) is 3. The monoisotopic (exact) mass is 516 g/mol. The normalized spacial score (nSPS) is 19.2. The van der Waals surface area contributed by atoms with Gasteiger partial charge in [-0.2, -0.15) is 5.10 Å². The van der Waals surface area contributed by atoms with Gasteiger partial charge in [0.25, 0.3) is 0 Å². The summed E-state index contributed by atoms with van der Waals surface area (Å²) in [7, 11) is 0. The zero-order valence-electron chi connectivity index (χ0n) is 17.8. The molecule has 2 aromatic heterocycles. The molecule has 3 heterocycles. The van der Waals surface area contributed by atoms with Crippen LogP contribution in [-0.4, -0.2) is 39.3 Å². The van der Waals surface area contributed by atoms with Crippen molar-refractivity contribution in [2.24, 2.45) is 0 Å². The van der Waals surface area contributed by atoms with Gasteiger partial charge in [0.05, 0.1) is 12.2 Å². The fraction of sp³-hybridized carbons (Fsp3) is 0.560. The van der Waals surface area contributed by atoms with Crippen LogP contribution in [0.3, 0.4) is 0 Å². The van der Waals surface area contributed by atoms with E-state index in [1.165, 1.54) is 103 Å². The molecule has 1 saturated heterocycles. The van der Waals surface area contributed by atoms with Gasteiger partial charge in [0.2, 0.25) is 0 Å². The Kier molecular flexibility index (Phi) is 6.46. The number of piperidine rings is 1. The van der Waals surface area contributed by atoms with Crippen LogP contribution in [0.15, 0.2) is 36.8 Å². The molecule has 160 valence electrons. The summed E-state index contributed by atoms with van der Waals surface area (Å²) < 4.78 is 3.56. The van der Waals surface area contributed by atoms with E-state index in [4.69, 9.17) is 0 Å². The molecule has 4 nitrogen and oxygen atoms in total. The van der Waals surface area contributed by atoms with Crippen LogP contribution in [0.25, 0.3) is 10.9 Å². The van der Waals surface area contributed by atoms with E-state index in [0.717, 1.165) is 0 Å². The molecule has 1 aromatic carbocycles. The van der Waals surface area contributed by atoms with Crippen molar-refractivity contribution >= 4 is 33.5 Å². The first kappa shape index (κ1) is 20.6. The average molecular weight is 516 g/mol. The second-order valence-corrected chi connectivity index (χ2v) is 10.5. The second-order valence-electron chi connectivity index (χ2n) is 9.27. The molecule has 0 spiro atoms. The molecule has 1 aliphatic carbocycles. The van der Waals surface area contributed by atoms with E-state index in [9.17, 15) is 0 Å². The van der Waals surface area contributed by atoms with E-state index >= 15 is 0 Å². The second kappa shape index (κ2) is 9.43. The molecule has 1 saturated carbocycles. The highest BCUT2D eigenvalue weighted by Crippen LogP contribution is 2.34. The summed E-state index contributed by atoms with van der Waals surface area (Å²) in [6, 6.07) is 7.41. The van der Waals surface area contributed by atoms with Crippen molar-refractivity contribution in [1.82, 2.24) is 19.7 Å². The van der Waals surface area contributed by atoms with Crippen molar-refractivity contribution in [3.63, 3.8) is 0 Å². The van der Waals surface area contributed by atoms with Crippen molar-refractivity contribution in [3.8, 4) is 0 Å². The Morgan fingerprint density at radius 1 is 1.07 bits per heavy atom. The van der Waals surface area contributed by atoms with Gasteiger partial charge >= 0.3 is 0 Å². The molecule has 0 amide bonds. The zero-order chi connectivity index (χ0) is 20.3. The van der Waals surface area contributed by atoms with Gasteiger partial charge in [-0.15, -0.1) is 0 Å². The van der Waals surface area contributed by atoms with Crippen LogP contribution < -0.4 is 0 Å². The number of aromatic nitrogens is 3. The molecule has 2 fully saturated rings. The van der Waals surface area contributed by atoms with Crippen molar-refractivity contribution in [1.29, 1.82) is 0 Å². The predicted molar refractivity (Wildman–Crippen MR) is 132 cm³/mol. The first-order chi connectivity index (χ1) is 14.8. The SMILES string of the molecule is Ic1ccc2[nH]cc(C3CCN(CCCCc4cnn(C5CCCC5)c4)CC3)c2c1. The molecule has 5 rings (SSSR count). The largest absolute Gasteiger partial charge is 0.361 e. The van der Waals surface area contributed by atoms with Crippen LogP contribution in [0.2, 0.25) is 0 Å². The Balaban J connectivity index is 1.06. The number of hydrogen-bond acceptors (Lipinski definition) is 2. The third-order valence-corrected chi connectivity index (χ3v) is 7.92. The number of unbranched alkanes of at least 4 members (excludes halogenated alkanes) is 1. The third-order valence-electron chi connectivity index (χ3n) is 7.25. The Hall–Kier alpha value is -1.34. The molecule has 2 aliphatic rings. The summed E-state index contributed by atoms with van der Waals surface area (Å²) in [5, 5.41) is 6.06. The minimum Gasteiger partial charge on any atom is -0.361 e. The number of benzene rings is 1. The van der Waals surface area contributed by atoms with Gasteiger partial charge in [0.15, 0.2) is 0 Å². The van der Waals surface area contributed by atoms with Crippen molar-refractivity contribution in [2.75, 3.05) is 19.6 Å². The maximum Gasteiger partial charge on any atom is 0.0521 e. The van der Waals surface area contributed by atoms with Gasteiger partial charge in [-0.05, 0) is 122 Å². The Labute approximate surface area is 193 Å². The molecule has 0 unspecified atom stereocenters. The molecule has 30 heavy (non-hydrogen) atoms. The quantitative estimate of drug-likeness (QED) is 0.296. The molecule has 0 bridgehead atoms. The van der Waals surface area contributed by atoms with Crippen LogP contribution in [0.1, 0.15) is 74.5 Å². The number of hydrogen-bond donors (Lipinski definition) is 1. The highest BCUT2D eigenvalue weighted by molar-refractivity contribution is 14.1. The van der Waals surface area contributed by atoms with Gasteiger partial charge in [-0.3, -0.25) is 4.68 Å². The summed E-state index contributed by atoms with van der Waals surface area (Å²) >= 11 is 2.42. The lowest BCUT2D eigenvalue weighted by Gasteiger charge is -2.32. The molecule has 5 heteroatoms. The fourth-order valence-corrected chi connectivity index (χ4v) is 5.95. The lowest BCUT2D eigenvalue weighted by Crippen LogP contribution is -2.33. The summed E-state index contributed by atoms with van der Waals surface area (Å²) in [5.41, 5.74) is 4.24. The number of aromatic amines is 1. The number of likely N-dealkylation sites (tertiary alicyclic amines) is 1. The minimum atomic E-state index is 0.667. The fourth-order valence-electron chi connectivity index (χ4n) is 5.46. The third kappa shape index (κ3) is 4.62. The van der Waals surface area contributed by atoms with E-state index in [1.807, 2.05) is 0 Å². The Bertz CT molecular complexity index is 961. The first-order valence-electron chi connectivity index (χ1n) is 11.8. The van der Waals surface area contributed by atoms with Crippen LogP contribution >= 0.6 is 22.6 Å². The minimum absolute atomic E-state index is 0.667. The van der Waals surface area contributed by atoms with E-state index < -0.39 is 0 Å². The molecule has 1 aliphatic heterocycles. The van der Waals surface area contributed by atoms with Gasteiger partial charge in [-0.1, -0.05) is 12.8 Å².